The monoisotopic (exact) mass is 780 g/mol. The molecule has 61 heavy (non-hydrogen) atoms. The molecule has 5 nitrogen and oxygen atoms in total. The second kappa shape index (κ2) is 15.2. The fraction of sp³-hybridized carbons (Fsp3) is 0.0357. The van der Waals surface area contributed by atoms with Crippen molar-refractivity contribution >= 4 is 32.7 Å². The number of para-hydroxylation sites is 2. The van der Waals surface area contributed by atoms with Crippen molar-refractivity contribution in [2.24, 2.45) is 0 Å². The molecule has 0 aliphatic heterocycles. The van der Waals surface area contributed by atoms with E-state index in [1.54, 1.807) is 0 Å². The molecule has 11 rings (SSSR count). The zero-order valence-electron chi connectivity index (χ0n) is 33.0. The largest absolute Gasteiger partial charge is 0.455 e. The maximum Gasteiger partial charge on any atom is 0.163 e. The molecule has 0 N–H and O–H groups in total. The summed E-state index contributed by atoms with van der Waals surface area (Å²) in [7, 11) is 0. The Morgan fingerprint density at radius 2 is 1.05 bits per heavy atom. The predicted octanol–water partition coefficient (Wildman–Crippen LogP) is 14.4. The van der Waals surface area contributed by atoms with Gasteiger partial charge in [-0.1, -0.05) is 176 Å². The van der Waals surface area contributed by atoms with Gasteiger partial charge >= 0.3 is 0 Å². The highest BCUT2D eigenvalue weighted by molar-refractivity contribution is 6.09. The molecule has 0 fully saturated rings. The van der Waals surface area contributed by atoms with Gasteiger partial charge in [0.1, 0.15) is 17.0 Å². The quantitative estimate of drug-likeness (QED) is 0.161. The minimum Gasteiger partial charge on any atom is -0.455 e. The topological polar surface area (TPSA) is 75.6 Å². The van der Waals surface area contributed by atoms with Gasteiger partial charge in [0.05, 0.1) is 11.6 Å². The SMILES string of the molecule is N#Cc1cc(-c2ccc(-c3cccc4c3oc3ccccc34)cc2)cc(-c2ccc(-c3ccc(-c4nc(-c5ccccc5)nc(C5C=CC=CC5)n4)cc3)c3ccccc23)c1. The van der Waals surface area contributed by atoms with Gasteiger partial charge in [-0.3, -0.25) is 0 Å². The molecule has 0 radical (unpaired) electrons. The number of nitrogens with zero attached hydrogens (tertiary/aromatic N) is 4. The van der Waals surface area contributed by atoms with Crippen LogP contribution in [0.5, 0.6) is 0 Å². The van der Waals surface area contributed by atoms with Crippen LogP contribution in [0, 0.1) is 11.3 Å². The first kappa shape index (κ1) is 35.9. The summed E-state index contributed by atoms with van der Waals surface area (Å²) in [4.78, 5) is 14.9. The number of fused-ring (bicyclic) bond motifs is 4. The molecule has 1 atom stereocenters. The molecule has 1 aliphatic carbocycles. The molecule has 8 aromatic carbocycles. The van der Waals surface area contributed by atoms with Crippen LogP contribution in [0.15, 0.2) is 205 Å². The molecule has 10 aromatic rings. The van der Waals surface area contributed by atoms with Gasteiger partial charge in [0.15, 0.2) is 11.6 Å². The molecule has 0 amide bonds. The van der Waals surface area contributed by atoms with Gasteiger partial charge in [0.25, 0.3) is 0 Å². The third-order valence-electron chi connectivity index (χ3n) is 11.7. The molecule has 2 aromatic heterocycles. The predicted molar refractivity (Wildman–Crippen MR) is 248 cm³/mol. The minimum atomic E-state index is 0.0963. The Bertz CT molecular complexity index is 3390. The Balaban J connectivity index is 0.930. The van der Waals surface area contributed by atoms with Gasteiger partial charge in [-0.05, 0) is 80.4 Å². The van der Waals surface area contributed by atoms with Crippen LogP contribution in [0.1, 0.15) is 23.7 Å². The lowest BCUT2D eigenvalue weighted by Gasteiger charge is -2.15. The third-order valence-corrected chi connectivity index (χ3v) is 11.7. The summed E-state index contributed by atoms with van der Waals surface area (Å²) in [5, 5.41) is 14.7. The van der Waals surface area contributed by atoms with Gasteiger partial charge < -0.3 is 4.42 Å². The maximum atomic E-state index is 10.2. The van der Waals surface area contributed by atoms with Crippen molar-refractivity contribution in [2.75, 3.05) is 0 Å². The van der Waals surface area contributed by atoms with E-state index >= 15 is 0 Å². The maximum absolute atomic E-state index is 10.2. The van der Waals surface area contributed by atoms with Crippen molar-refractivity contribution in [2.45, 2.75) is 12.3 Å². The van der Waals surface area contributed by atoms with E-state index in [2.05, 4.69) is 146 Å². The molecule has 1 unspecified atom stereocenters. The van der Waals surface area contributed by atoms with Crippen LogP contribution in [0.25, 0.3) is 100.0 Å². The summed E-state index contributed by atoms with van der Waals surface area (Å²) in [6.07, 6.45) is 9.30. The number of furan rings is 1. The van der Waals surface area contributed by atoms with E-state index in [1.165, 1.54) is 0 Å². The first-order valence-electron chi connectivity index (χ1n) is 20.5. The van der Waals surface area contributed by atoms with Crippen LogP contribution in [0.4, 0.5) is 0 Å². The van der Waals surface area contributed by atoms with E-state index < -0.39 is 0 Å². The van der Waals surface area contributed by atoms with Crippen LogP contribution in [0.2, 0.25) is 0 Å². The lowest BCUT2D eigenvalue weighted by atomic mass is 9.89. The number of benzene rings is 8. The highest BCUT2D eigenvalue weighted by Crippen LogP contribution is 2.40. The molecule has 0 bridgehead atoms. The smallest absolute Gasteiger partial charge is 0.163 e. The minimum absolute atomic E-state index is 0.0963. The van der Waals surface area contributed by atoms with Crippen molar-refractivity contribution in [3.8, 4) is 73.4 Å². The number of rotatable bonds is 7. The van der Waals surface area contributed by atoms with Crippen molar-refractivity contribution in [3.05, 3.63) is 212 Å². The van der Waals surface area contributed by atoms with Gasteiger partial charge in [0.2, 0.25) is 0 Å². The van der Waals surface area contributed by atoms with Gasteiger partial charge in [-0.2, -0.15) is 5.26 Å². The summed E-state index contributed by atoms with van der Waals surface area (Å²) in [5.41, 5.74) is 12.7. The average Bonchev–Trinajstić information content (AvgIpc) is 3.73. The van der Waals surface area contributed by atoms with Crippen molar-refractivity contribution in [1.29, 1.82) is 5.26 Å². The molecule has 0 saturated heterocycles. The van der Waals surface area contributed by atoms with E-state index in [0.717, 1.165) is 101 Å². The molecule has 1 aliphatic rings. The lowest BCUT2D eigenvalue weighted by molar-refractivity contribution is 0.670. The van der Waals surface area contributed by atoms with Crippen molar-refractivity contribution in [1.82, 2.24) is 15.0 Å². The van der Waals surface area contributed by atoms with Gasteiger partial charge in [-0.25, -0.2) is 15.0 Å². The van der Waals surface area contributed by atoms with Crippen LogP contribution in [0.3, 0.4) is 0 Å². The number of allylic oxidation sites excluding steroid dienone is 4. The third kappa shape index (κ3) is 6.67. The zero-order chi connectivity index (χ0) is 40.7. The summed E-state index contributed by atoms with van der Waals surface area (Å²) in [6, 6.07) is 63.1. The first-order chi connectivity index (χ1) is 30.2. The Labute approximate surface area is 353 Å². The van der Waals surface area contributed by atoms with E-state index in [9.17, 15) is 5.26 Å². The average molecular weight is 781 g/mol. The Morgan fingerprint density at radius 3 is 1.75 bits per heavy atom. The summed E-state index contributed by atoms with van der Waals surface area (Å²) >= 11 is 0. The standard InChI is InChI=1S/C56H36N4O/c57-35-36-32-43(37-22-24-39(25-23-37)47-19-11-20-51-50-18-9-10-21-52(50)61-53(47)51)34-44(33-36)46-31-30-45(48-16-7-8-17-49(46)48)38-26-28-42(29-27-38)56-59-54(40-12-3-1-4-13-40)58-55(60-56)41-14-5-2-6-15-41/h1-14,16-34,41H,15H2. The number of aromatic nitrogens is 3. The summed E-state index contributed by atoms with van der Waals surface area (Å²) < 4.78 is 6.34. The Kier molecular flexibility index (Phi) is 8.95. The number of hydrogen-bond acceptors (Lipinski definition) is 5. The number of nitriles is 1. The summed E-state index contributed by atoms with van der Waals surface area (Å²) in [5.74, 6) is 2.20. The Morgan fingerprint density at radius 1 is 0.459 bits per heavy atom. The first-order valence-corrected chi connectivity index (χ1v) is 20.5. The Hall–Kier alpha value is -8.20. The van der Waals surface area contributed by atoms with E-state index in [0.29, 0.717) is 17.2 Å². The lowest BCUT2D eigenvalue weighted by Crippen LogP contribution is -2.07. The highest BCUT2D eigenvalue weighted by Gasteiger charge is 2.18. The second-order valence-electron chi connectivity index (χ2n) is 15.4. The van der Waals surface area contributed by atoms with Crippen molar-refractivity contribution < 1.29 is 4.42 Å². The zero-order valence-corrected chi connectivity index (χ0v) is 33.0. The second-order valence-corrected chi connectivity index (χ2v) is 15.4. The van der Waals surface area contributed by atoms with E-state index in [4.69, 9.17) is 19.4 Å². The van der Waals surface area contributed by atoms with E-state index in [-0.39, 0.29) is 5.92 Å². The molecular weight excluding hydrogens is 745 g/mol. The molecule has 0 spiro atoms. The molecule has 286 valence electrons. The van der Waals surface area contributed by atoms with E-state index in [1.807, 2.05) is 60.7 Å². The normalized spacial score (nSPS) is 13.5. The van der Waals surface area contributed by atoms with Crippen molar-refractivity contribution in [3.63, 3.8) is 0 Å². The van der Waals surface area contributed by atoms with Gasteiger partial charge in [0, 0.05) is 33.4 Å². The number of hydrogen-bond donors (Lipinski definition) is 0. The van der Waals surface area contributed by atoms with Gasteiger partial charge in [-0.15, -0.1) is 0 Å². The van der Waals surface area contributed by atoms with Crippen LogP contribution < -0.4 is 0 Å². The summed E-state index contributed by atoms with van der Waals surface area (Å²) in [6.45, 7) is 0. The molecule has 5 heteroatoms. The van der Waals surface area contributed by atoms with Crippen LogP contribution in [-0.4, -0.2) is 15.0 Å². The fourth-order valence-corrected chi connectivity index (χ4v) is 8.61. The van der Waals surface area contributed by atoms with Crippen LogP contribution in [-0.2, 0) is 0 Å². The fourth-order valence-electron chi connectivity index (χ4n) is 8.61. The molecule has 0 saturated carbocycles. The van der Waals surface area contributed by atoms with Crippen LogP contribution >= 0.6 is 0 Å². The molecular formula is C56H36N4O. The molecule has 2 heterocycles. The highest BCUT2D eigenvalue weighted by atomic mass is 16.3.